The smallest absolute Gasteiger partial charge is 0.243 e. The number of hydrogen-bond donors (Lipinski definition) is 1. The quantitative estimate of drug-likeness (QED) is 0.764. The fourth-order valence-electron chi connectivity index (χ4n) is 2.60. The first-order chi connectivity index (χ1) is 11.3. The summed E-state index contributed by atoms with van der Waals surface area (Å²) in [5, 5.41) is 2.66. The highest BCUT2D eigenvalue weighted by Gasteiger charge is 2.27. The van der Waals surface area contributed by atoms with Gasteiger partial charge in [0.1, 0.15) is 12.4 Å². The normalized spacial score (nSPS) is 16.0. The average Bonchev–Trinajstić information content (AvgIpc) is 2.53. The SMILES string of the molecule is CC(=O)NCCOc1c(C)cc(S(=O)(=O)N2CCOCC2)cc1C. The van der Waals surface area contributed by atoms with Crippen molar-refractivity contribution < 1.29 is 22.7 Å². The number of carbonyl (C=O) groups is 1. The molecule has 0 aliphatic carbocycles. The maximum absolute atomic E-state index is 12.7. The zero-order valence-corrected chi connectivity index (χ0v) is 15.1. The van der Waals surface area contributed by atoms with Crippen LogP contribution in [0.15, 0.2) is 17.0 Å². The highest BCUT2D eigenvalue weighted by molar-refractivity contribution is 7.89. The van der Waals surface area contributed by atoms with Gasteiger partial charge in [-0.3, -0.25) is 4.79 Å². The van der Waals surface area contributed by atoms with Gasteiger partial charge < -0.3 is 14.8 Å². The molecule has 1 aromatic carbocycles. The summed E-state index contributed by atoms with van der Waals surface area (Å²) in [6, 6.07) is 3.26. The van der Waals surface area contributed by atoms with Crippen LogP contribution in [0.1, 0.15) is 18.1 Å². The molecule has 1 heterocycles. The molecule has 1 aliphatic rings. The predicted molar refractivity (Wildman–Crippen MR) is 89.7 cm³/mol. The number of ether oxygens (including phenoxy) is 2. The van der Waals surface area contributed by atoms with Crippen LogP contribution in [0.4, 0.5) is 0 Å². The van der Waals surface area contributed by atoms with Crippen molar-refractivity contribution in [3.8, 4) is 5.75 Å². The number of nitrogens with zero attached hydrogens (tertiary/aromatic N) is 1. The summed E-state index contributed by atoms with van der Waals surface area (Å²) in [5.41, 5.74) is 1.51. The van der Waals surface area contributed by atoms with Gasteiger partial charge in [-0.2, -0.15) is 4.31 Å². The van der Waals surface area contributed by atoms with Crippen LogP contribution in [0.3, 0.4) is 0 Å². The highest BCUT2D eigenvalue weighted by Crippen LogP contribution is 2.28. The first-order valence-corrected chi connectivity index (χ1v) is 9.33. The number of amides is 1. The summed E-state index contributed by atoms with van der Waals surface area (Å²) in [7, 11) is -3.52. The molecule has 24 heavy (non-hydrogen) atoms. The molecule has 8 heteroatoms. The van der Waals surface area contributed by atoms with E-state index in [1.54, 1.807) is 12.1 Å². The Bertz CT molecular complexity index is 673. The summed E-state index contributed by atoms with van der Waals surface area (Å²) in [6.45, 7) is 7.40. The van der Waals surface area contributed by atoms with Crippen LogP contribution in [-0.2, 0) is 19.6 Å². The van der Waals surface area contributed by atoms with Crippen LogP contribution in [0.25, 0.3) is 0 Å². The minimum Gasteiger partial charge on any atom is -0.491 e. The van der Waals surface area contributed by atoms with Gasteiger partial charge in [-0.1, -0.05) is 0 Å². The number of morpholine rings is 1. The third kappa shape index (κ3) is 4.46. The zero-order valence-electron chi connectivity index (χ0n) is 14.3. The molecule has 0 aromatic heterocycles. The molecule has 0 spiro atoms. The molecule has 1 amide bonds. The van der Waals surface area contributed by atoms with Crippen LogP contribution in [-0.4, -0.2) is 58.1 Å². The van der Waals surface area contributed by atoms with E-state index in [9.17, 15) is 13.2 Å². The maximum atomic E-state index is 12.7. The number of hydrogen-bond acceptors (Lipinski definition) is 5. The van der Waals surface area contributed by atoms with Crippen molar-refractivity contribution in [2.45, 2.75) is 25.7 Å². The van der Waals surface area contributed by atoms with Crippen LogP contribution >= 0.6 is 0 Å². The van der Waals surface area contributed by atoms with Gasteiger partial charge in [-0.05, 0) is 37.1 Å². The topological polar surface area (TPSA) is 84.9 Å². The Labute approximate surface area is 143 Å². The van der Waals surface area contributed by atoms with Gasteiger partial charge in [0, 0.05) is 20.0 Å². The standard InChI is InChI=1S/C16H24N2O5S/c1-12-10-15(24(20,21)18-5-8-22-9-6-18)11-13(2)16(12)23-7-4-17-14(3)19/h10-11H,4-9H2,1-3H3,(H,17,19). The number of carbonyl (C=O) groups excluding carboxylic acids is 1. The molecule has 1 fully saturated rings. The summed E-state index contributed by atoms with van der Waals surface area (Å²) in [5.74, 6) is 0.542. The zero-order chi connectivity index (χ0) is 17.7. The van der Waals surface area contributed by atoms with E-state index in [2.05, 4.69) is 5.32 Å². The van der Waals surface area contributed by atoms with Crippen molar-refractivity contribution in [2.75, 3.05) is 39.5 Å². The Morgan fingerprint density at radius 2 is 1.83 bits per heavy atom. The third-order valence-electron chi connectivity index (χ3n) is 3.76. The molecule has 0 unspecified atom stereocenters. The fourth-order valence-corrected chi connectivity index (χ4v) is 4.18. The molecule has 0 saturated carbocycles. The van der Waals surface area contributed by atoms with E-state index in [1.165, 1.54) is 11.2 Å². The maximum Gasteiger partial charge on any atom is 0.243 e. The number of benzene rings is 1. The number of sulfonamides is 1. The first kappa shape index (κ1) is 18.7. The van der Waals surface area contributed by atoms with Crippen LogP contribution in [0, 0.1) is 13.8 Å². The molecule has 1 aliphatic heterocycles. The minimum atomic E-state index is -3.52. The van der Waals surface area contributed by atoms with Crippen molar-refractivity contribution in [3.05, 3.63) is 23.3 Å². The van der Waals surface area contributed by atoms with Crippen LogP contribution in [0.5, 0.6) is 5.75 Å². The monoisotopic (exact) mass is 356 g/mol. The van der Waals surface area contributed by atoms with Gasteiger partial charge in [0.15, 0.2) is 0 Å². The predicted octanol–water partition coefficient (Wildman–Crippen LogP) is 0.839. The van der Waals surface area contributed by atoms with E-state index in [-0.39, 0.29) is 10.8 Å². The van der Waals surface area contributed by atoms with E-state index >= 15 is 0 Å². The average molecular weight is 356 g/mol. The summed E-state index contributed by atoms with van der Waals surface area (Å²) in [4.78, 5) is 11.1. The fraction of sp³-hybridized carbons (Fsp3) is 0.562. The second-order valence-electron chi connectivity index (χ2n) is 5.73. The van der Waals surface area contributed by atoms with Gasteiger partial charge in [-0.15, -0.1) is 0 Å². The van der Waals surface area contributed by atoms with Gasteiger partial charge in [0.25, 0.3) is 0 Å². The van der Waals surface area contributed by atoms with Gasteiger partial charge in [-0.25, -0.2) is 8.42 Å². The van der Waals surface area contributed by atoms with Crippen LogP contribution in [0.2, 0.25) is 0 Å². The Morgan fingerprint density at radius 1 is 1.25 bits per heavy atom. The Balaban J connectivity index is 2.14. The molecule has 1 saturated heterocycles. The highest BCUT2D eigenvalue weighted by atomic mass is 32.2. The second kappa shape index (κ2) is 7.96. The van der Waals surface area contributed by atoms with E-state index in [4.69, 9.17) is 9.47 Å². The minimum absolute atomic E-state index is 0.112. The van der Waals surface area contributed by atoms with E-state index in [0.29, 0.717) is 45.2 Å². The molecule has 2 rings (SSSR count). The number of aryl methyl sites for hydroxylation is 2. The van der Waals surface area contributed by atoms with Crippen molar-refractivity contribution in [2.24, 2.45) is 0 Å². The molecule has 134 valence electrons. The van der Waals surface area contributed by atoms with Gasteiger partial charge in [0.05, 0.1) is 24.7 Å². The van der Waals surface area contributed by atoms with E-state index in [1.807, 2.05) is 13.8 Å². The molecule has 1 aromatic rings. The third-order valence-corrected chi connectivity index (χ3v) is 5.64. The number of rotatable bonds is 6. The summed E-state index contributed by atoms with van der Waals surface area (Å²) in [6.07, 6.45) is 0. The molecular weight excluding hydrogens is 332 g/mol. The van der Waals surface area contributed by atoms with E-state index < -0.39 is 10.0 Å². The van der Waals surface area contributed by atoms with Crippen molar-refractivity contribution in [3.63, 3.8) is 0 Å². The molecule has 0 atom stereocenters. The lowest BCUT2D eigenvalue weighted by molar-refractivity contribution is -0.119. The lowest BCUT2D eigenvalue weighted by Crippen LogP contribution is -2.40. The van der Waals surface area contributed by atoms with Gasteiger partial charge >= 0.3 is 0 Å². The van der Waals surface area contributed by atoms with Crippen molar-refractivity contribution in [1.29, 1.82) is 0 Å². The molecular formula is C16H24N2O5S. The van der Waals surface area contributed by atoms with E-state index in [0.717, 1.165) is 11.1 Å². The van der Waals surface area contributed by atoms with Crippen LogP contribution < -0.4 is 10.1 Å². The molecule has 7 nitrogen and oxygen atoms in total. The lowest BCUT2D eigenvalue weighted by atomic mass is 10.1. The number of nitrogens with one attached hydrogen (secondary N) is 1. The Kier molecular flexibility index (Phi) is 6.20. The molecule has 1 N–H and O–H groups in total. The lowest BCUT2D eigenvalue weighted by Gasteiger charge is -2.26. The second-order valence-corrected chi connectivity index (χ2v) is 7.67. The first-order valence-electron chi connectivity index (χ1n) is 7.89. The largest absolute Gasteiger partial charge is 0.491 e. The molecule has 0 radical (unpaired) electrons. The van der Waals surface area contributed by atoms with Crippen molar-refractivity contribution in [1.82, 2.24) is 9.62 Å². The Hall–Kier alpha value is -1.64. The van der Waals surface area contributed by atoms with Crippen molar-refractivity contribution >= 4 is 15.9 Å². The summed E-state index contributed by atoms with van der Waals surface area (Å²) >= 11 is 0. The summed E-state index contributed by atoms with van der Waals surface area (Å²) < 4.78 is 37.8. The Morgan fingerprint density at radius 3 is 2.38 bits per heavy atom. The van der Waals surface area contributed by atoms with Gasteiger partial charge in [0.2, 0.25) is 15.9 Å². The molecule has 0 bridgehead atoms.